The van der Waals surface area contributed by atoms with Crippen molar-refractivity contribution in [2.75, 3.05) is 0 Å². The Morgan fingerprint density at radius 1 is 1.30 bits per heavy atom. The van der Waals surface area contributed by atoms with E-state index in [2.05, 4.69) is 27.1 Å². The average molecular weight is 400 g/mol. The van der Waals surface area contributed by atoms with E-state index in [1.807, 2.05) is 29.6 Å². The number of hydrogen-bond acceptors (Lipinski definition) is 5. The molecule has 1 atom stereocenters. The quantitative estimate of drug-likeness (QED) is 0.637. The highest BCUT2D eigenvalue weighted by Gasteiger charge is 2.37. The number of benzene rings is 1. The van der Waals surface area contributed by atoms with Crippen molar-refractivity contribution in [2.45, 2.75) is 44.2 Å². The monoisotopic (exact) mass is 399 g/mol. The molecule has 1 aliphatic rings. The first-order valence-electron chi connectivity index (χ1n) is 9.05. The van der Waals surface area contributed by atoms with Gasteiger partial charge in [-0.1, -0.05) is 12.1 Å². The van der Waals surface area contributed by atoms with Crippen LogP contribution in [0.5, 0.6) is 0 Å². The molecule has 0 unspecified atom stereocenters. The van der Waals surface area contributed by atoms with Crippen LogP contribution in [-0.4, -0.2) is 22.3 Å². The number of amides is 2. The van der Waals surface area contributed by atoms with Crippen molar-refractivity contribution in [3.05, 3.63) is 51.7 Å². The van der Waals surface area contributed by atoms with Crippen molar-refractivity contribution < 1.29 is 9.59 Å². The lowest BCUT2D eigenvalue weighted by atomic mass is 9.85. The molecule has 2 N–H and O–H groups in total. The molecule has 27 heavy (non-hydrogen) atoms. The van der Waals surface area contributed by atoms with Crippen LogP contribution in [0.15, 0.2) is 41.1 Å². The van der Waals surface area contributed by atoms with E-state index in [-0.39, 0.29) is 17.4 Å². The van der Waals surface area contributed by atoms with Gasteiger partial charge in [0.05, 0.1) is 16.8 Å². The highest BCUT2D eigenvalue weighted by atomic mass is 32.1. The van der Waals surface area contributed by atoms with Crippen molar-refractivity contribution in [1.82, 2.24) is 15.6 Å². The van der Waals surface area contributed by atoms with Gasteiger partial charge in [-0.25, -0.2) is 4.98 Å². The smallest absolute Gasteiger partial charge is 0.220 e. The van der Waals surface area contributed by atoms with Crippen molar-refractivity contribution in [2.24, 2.45) is 0 Å². The summed E-state index contributed by atoms with van der Waals surface area (Å²) in [7, 11) is 0. The summed E-state index contributed by atoms with van der Waals surface area (Å²) < 4.78 is 1.13. The number of thiazole rings is 1. The van der Waals surface area contributed by atoms with Crippen LogP contribution < -0.4 is 10.6 Å². The van der Waals surface area contributed by atoms with Gasteiger partial charge in [-0.3, -0.25) is 9.59 Å². The van der Waals surface area contributed by atoms with Crippen LogP contribution in [0.4, 0.5) is 0 Å². The van der Waals surface area contributed by atoms with Gasteiger partial charge >= 0.3 is 0 Å². The van der Waals surface area contributed by atoms with E-state index in [9.17, 15) is 9.59 Å². The van der Waals surface area contributed by atoms with Crippen LogP contribution in [0.3, 0.4) is 0 Å². The molecule has 140 valence electrons. The number of nitrogens with one attached hydrogen (secondary N) is 2. The third-order valence-electron chi connectivity index (χ3n) is 4.96. The largest absolute Gasteiger partial charge is 0.350 e. The fourth-order valence-electron chi connectivity index (χ4n) is 3.58. The number of para-hydroxylation sites is 1. The summed E-state index contributed by atoms with van der Waals surface area (Å²) in [5.41, 5.74) is 1.89. The van der Waals surface area contributed by atoms with Crippen LogP contribution in [0.1, 0.15) is 36.3 Å². The molecule has 7 heteroatoms. The molecule has 4 rings (SSSR count). The number of thiophene rings is 1. The summed E-state index contributed by atoms with van der Waals surface area (Å²) >= 11 is 3.26. The molecule has 1 fully saturated rings. The number of fused-ring (bicyclic) bond motifs is 1. The van der Waals surface area contributed by atoms with Gasteiger partial charge in [-0.15, -0.1) is 11.3 Å². The highest BCUT2D eigenvalue weighted by molar-refractivity contribution is 7.18. The molecule has 0 saturated carbocycles. The maximum absolute atomic E-state index is 12.4. The lowest BCUT2D eigenvalue weighted by Crippen LogP contribution is -2.44. The number of aromatic nitrogens is 1. The molecule has 0 bridgehead atoms. The van der Waals surface area contributed by atoms with Gasteiger partial charge in [0, 0.05) is 18.4 Å². The minimum absolute atomic E-state index is 0.0000914. The van der Waals surface area contributed by atoms with E-state index < -0.39 is 0 Å². The number of carbonyl (C=O) groups excluding carboxylic acids is 2. The molecule has 0 aliphatic carbocycles. The molecule has 1 saturated heterocycles. The van der Waals surface area contributed by atoms with E-state index in [1.54, 1.807) is 22.7 Å². The second kappa shape index (κ2) is 7.78. The molecular weight excluding hydrogens is 378 g/mol. The van der Waals surface area contributed by atoms with Gasteiger partial charge < -0.3 is 10.6 Å². The zero-order chi connectivity index (χ0) is 18.7. The second-order valence-corrected chi connectivity index (χ2v) is 8.88. The Morgan fingerprint density at radius 3 is 2.93 bits per heavy atom. The van der Waals surface area contributed by atoms with Gasteiger partial charge in [0.2, 0.25) is 11.8 Å². The number of rotatable bonds is 7. The van der Waals surface area contributed by atoms with E-state index in [1.165, 1.54) is 5.56 Å². The first-order valence-corrected chi connectivity index (χ1v) is 10.8. The summed E-state index contributed by atoms with van der Waals surface area (Å²) in [4.78, 5) is 28.7. The van der Waals surface area contributed by atoms with Gasteiger partial charge in [-0.05, 0) is 53.8 Å². The Morgan fingerprint density at radius 2 is 2.19 bits per heavy atom. The van der Waals surface area contributed by atoms with Crippen molar-refractivity contribution in [3.8, 4) is 0 Å². The highest BCUT2D eigenvalue weighted by Crippen LogP contribution is 2.30. The normalized spacial score (nSPS) is 19.3. The van der Waals surface area contributed by atoms with E-state index in [4.69, 9.17) is 0 Å². The van der Waals surface area contributed by atoms with Crippen LogP contribution in [0.2, 0.25) is 0 Å². The Labute approximate surface area is 165 Å². The topological polar surface area (TPSA) is 71.1 Å². The van der Waals surface area contributed by atoms with Crippen molar-refractivity contribution >= 4 is 44.7 Å². The van der Waals surface area contributed by atoms with Gasteiger partial charge in [0.15, 0.2) is 0 Å². The molecule has 0 radical (unpaired) electrons. The number of carbonyl (C=O) groups is 2. The third kappa shape index (κ3) is 4.36. The summed E-state index contributed by atoms with van der Waals surface area (Å²) in [6.45, 7) is 0.446. The molecule has 1 aromatic carbocycles. The number of nitrogens with zero attached hydrogens (tertiary/aromatic N) is 1. The zero-order valence-electron chi connectivity index (χ0n) is 14.9. The molecule has 5 nitrogen and oxygen atoms in total. The fraction of sp³-hybridized carbons (Fsp3) is 0.350. The first kappa shape index (κ1) is 18.1. The molecular formula is C20H21N3O2S2. The molecule has 1 aliphatic heterocycles. The maximum Gasteiger partial charge on any atom is 0.220 e. The molecule has 3 heterocycles. The zero-order valence-corrected chi connectivity index (χ0v) is 16.5. The lowest BCUT2D eigenvalue weighted by Gasteiger charge is -2.29. The maximum atomic E-state index is 12.4. The summed E-state index contributed by atoms with van der Waals surface area (Å²) in [6, 6.07) is 10.1. The fourth-order valence-corrected chi connectivity index (χ4v) is 5.15. The standard InChI is InChI=1S/C20H21N3O2S2/c24-17(21-12-19-22-15-3-1-2-4-16(15)27-19)5-8-20(9-6-18(25)23-20)11-14-7-10-26-13-14/h1-4,7,10,13H,5-6,8-9,11-12H2,(H,21,24)(H,23,25)/t20-/m0/s1. The summed E-state index contributed by atoms with van der Waals surface area (Å²) in [5.74, 6) is 0.0835. The summed E-state index contributed by atoms with van der Waals surface area (Å²) in [6.07, 6.45) is 3.16. The Kier molecular flexibility index (Phi) is 5.22. The second-order valence-electron chi connectivity index (χ2n) is 6.99. The Bertz CT molecular complexity index is 918. The minimum atomic E-state index is -0.300. The first-order chi connectivity index (χ1) is 13.1. The van der Waals surface area contributed by atoms with Gasteiger partial charge in [-0.2, -0.15) is 11.3 Å². The molecule has 2 aromatic heterocycles. The molecule has 2 amide bonds. The summed E-state index contributed by atoms with van der Waals surface area (Å²) in [5, 5.41) is 11.2. The molecule has 3 aromatic rings. The van der Waals surface area contributed by atoms with Crippen molar-refractivity contribution in [1.29, 1.82) is 0 Å². The Balaban J connectivity index is 1.33. The van der Waals surface area contributed by atoms with Crippen LogP contribution in [0, 0.1) is 0 Å². The van der Waals surface area contributed by atoms with Crippen LogP contribution in [0.25, 0.3) is 10.2 Å². The minimum Gasteiger partial charge on any atom is -0.350 e. The predicted octanol–water partition coefficient (Wildman–Crippen LogP) is 3.65. The van der Waals surface area contributed by atoms with Gasteiger partial charge in [0.1, 0.15) is 5.01 Å². The number of hydrogen-bond donors (Lipinski definition) is 2. The van der Waals surface area contributed by atoms with E-state index in [0.29, 0.717) is 25.8 Å². The third-order valence-corrected chi connectivity index (χ3v) is 6.73. The average Bonchev–Trinajstić information content (AvgIpc) is 3.39. The SMILES string of the molecule is O=C(CC[C@@]1(Cc2ccsc2)CCC(=O)N1)NCc1nc2ccccc2s1. The van der Waals surface area contributed by atoms with Crippen molar-refractivity contribution in [3.63, 3.8) is 0 Å². The lowest BCUT2D eigenvalue weighted by molar-refractivity contribution is -0.122. The Hall–Kier alpha value is -2.25. The van der Waals surface area contributed by atoms with Crippen LogP contribution in [-0.2, 0) is 22.6 Å². The van der Waals surface area contributed by atoms with Gasteiger partial charge in [0.25, 0.3) is 0 Å². The van der Waals surface area contributed by atoms with E-state index in [0.717, 1.165) is 28.1 Å². The predicted molar refractivity (Wildman–Crippen MR) is 109 cm³/mol. The molecule has 0 spiro atoms. The van der Waals surface area contributed by atoms with E-state index >= 15 is 0 Å². The van der Waals surface area contributed by atoms with Crippen LogP contribution >= 0.6 is 22.7 Å².